The second-order valence-corrected chi connectivity index (χ2v) is 8.14. The number of aromatic nitrogens is 2. The second-order valence-electron chi connectivity index (χ2n) is 5.31. The van der Waals surface area contributed by atoms with Gasteiger partial charge >= 0.3 is 0 Å². The van der Waals surface area contributed by atoms with Gasteiger partial charge in [0.15, 0.2) is 0 Å². The van der Waals surface area contributed by atoms with Crippen molar-refractivity contribution in [2.24, 2.45) is 0 Å². The zero-order valence-electron chi connectivity index (χ0n) is 14.7. The number of nitrogens with one attached hydrogen (secondary N) is 3. The number of sulfonamides is 1. The van der Waals surface area contributed by atoms with Crippen LogP contribution in [0.3, 0.4) is 0 Å². The molecule has 10 nitrogen and oxygen atoms in total. The molecule has 2 rings (SSSR count). The molecule has 2 aromatic rings. The molecule has 146 valence electrons. The lowest BCUT2D eigenvalue weighted by molar-refractivity contribution is -0.114. The monoisotopic (exact) mass is 413 g/mol. The Labute approximate surface area is 160 Å². The van der Waals surface area contributed by atoms with Gasteiger partial charge in [-0.1, -0.05) is 23.5 Å². The lowest BCUT2D eigenvalue weighted by Gasteiger charge is -2.11. The number of nitrogens with zero attached hydrogens (tertiary/aromatic N) is 2. The summed E-state index contributed by atoms with van der Waals surface area (Å²) in [7, 11) is -2.50. The summed E-state index contributed by atoms with van der Waals surface area (Å²) < 4.78 is 31.9. The number of para-hydroxylation sites is 1. The van der Waals surface area contributed by atoms with Gasteiger partial charge in [-0.2, -0.15) is 8.42 Å². The molecule has 0 unspecified atom stereocenters. The van der Waals surface area contributed by atoms with Crippen LogP contribution in [0.4, 0.5) is 10.8 Å². The summed E-state index contributed by atoms with van der Waals surface area (Å²) in [4.78, 5) is 23.3. The highest BCUT2D eigenvalue weighted by atomic mass is 32.2. The standard InChI is InChI=1S/C15H19N5O5S2/c1-10(21)17-14-18-19-15(26-14)27(23,24)20-12-7-4-3-6-11(12)13(22)16-8-5-9-25-2/h3-4,6-7,20H,5,8-9H2,1-2H3,(H,16,22)(H,17,18,21). The van der Waals surface area contributed by atoms with Gasteiger partial charge in [0.25, 0.3) is 20.3 Å². The zero-order valence-corrected chi connectivity index (χ0v) is 16.3. The SMILES string of the molecule is COCCCNC(=O)c1ccccc1NS(=O)(=O)c1nnc(NC(C)=O)s1. The van der Waals surface area contributed by atoms with Crippen LogP contribution in [-0.2, 0) is 19.6 Å². The minimum atomic E-state index is -4.07. The van der Waals surface area contributed by atoms with Gasteiger partial charge in [-0.25, -0.2) is 0 Å². The summed E-state index contributed by atoms with van der Waals surface area (Å²) in [6.45, 7) is 2.17. The quantitative estimate of drug-likeness (QED) is 0.412. The van der Waals surface area contributed by atoms with Crippen molar-refractivity contribution in [1.82, 2.24) is 15.5 Å². The number of amides is 2. The van der Waals surface area contributed by atoms with Crippen LogP contribution in [-0.4, -0.2) is 50.7 Å². The van der Waals surface area contributed by atoms with Gasteiger partial charge in [-0.05, 0) is 18.6 Å². The maximum Gasteiger partial charge on any atom is 0.291 e. The first kappa shape index (κ1) is 20.7. The van der Waals surface area contributed by atoms with Gasteiger partial charge in [0, 0.05) is 27.2 Å². The number of hydrogen-bond acceptors (Lipinski definition) is 8. The highest BCUT2D eigenvalue weighted by Gasteiger charge is 2.23. The average molecular weight is 413 g/mol. The molecule has 1 aromatic carbocycles. The smallest absolute Gasteiger partial charge is 0.291 e. The largest absolute Gasteiger partial charge is 0.385 e. The average Bonchev–Trinajstić information content (AvgIpc) is 3.07. The van der Waals surface area contributed by atoms with E-state index in [0.717, 1.165) is 0 Å². The van der Waals surface area contributed by atoms with Crippen molar-refractivity contribution < 1.29 is 22.7 Å². The number of ether oxygens (including phenoxy) is 1. The summed E-state index contributed by atoms with van der Waals surface area (Å²) >= 11 is 0.702. The maximum absolute atomic E-state index is 12.5. The molecule has 0 fully saturated rings. The van der Waals surface area contributed by atoms with E-state index in [4.69, 9.17) is 4.74 Å². The van der Waals surface area contributed by atoms with Crippen molar-refractivity contribution in [2.45, 2.75) is 17.7 Å². The fourth-order valence-corrected chi connectivity index (χ4v) is 4.02. The van der Waals surface area contributed by atoms with E-state index < -0.39 is 21.8 Å². The highest BCUT2D eigenvalue weighted by Crippen LogP contribution is 2.24. The molecule has 0 saturated carbocycles. The van der Waals surface area contributed by atoms with Crippen LogP contribution in [0.25, 0.3) is 0 Å². The summed E-state index contributed by atoms with van der Waals surface area (Å²) in [5.41, 5.74) is 0.281. The summed E-state index contributed by atoms with van der Waals surface area (Å²) in [5.74, 6) is -0.806. The van der Waals surface area contributed by atoms with E-state index in [9.17, 15) is 18.0 Å². The van der Waals surface area contributed by atoms with Crippen LogP contribution in [0.2, 0.25) is 0 Å². The predicted molar refractivity (Wildman–Crippen MR) is 100 cm³/mol. The number of benzene rings is 1. The van der Waals surface area contributed by atoms with E-state index in [0.29, 0.717) is 30.9 Å². The van der Waals surface area contributed by atoms with Crippen LogP contribution >= 0.6 is 11.3 Å². The Morgan fingerprint density at radius 1 is 1.22 bits per heavy atom. The molecular formula is C15H19N5O5S2. The van der Waals surface area contributed by atoms with Crippen LogP contribution in [0.5, 0.6) is 0 Å². The molecule has 2 amide bonds. The van der Waals surface area contributed by atoms with Gasteiger partial charge in [0.05, 0.1) is 11.3 Å². The molecule has 0 radical (unpaired) electrons. The molecule has 1 heterocycles. The van der Waals surface area contributed by atoms with Gasteiger partial charge in [0.1, 0.15) is 0 Å². The minimum absolute atomic E-state index is 0.0621. The first-order chi connectivity index (χ1) is 12.8. The normalized spacial score (nSPS) is 11.0. The molecule has 0 aliphatic carbocycles. The van der Waals surface area contributed by atoms with Gasteiger partial charge < -0.3 is 15.4 Å². The van der Waals surface area contributed by atoms with E-state index >= 15 is 0 Å². The molecule has 0 atom stereocenters. The third kappa shape index (κ3) is 5.98. The first-order valence-corrected chi connectivity index (χ1v) is 10.1. The van der Waals surface area contributed by atoms with Crippen molar-refractivity contribution in [3.63, 3.8) is 0 Å². The predicted octanol–water partition coefficient (Wildman–Crippen LogP) is 1.06. The third-order valence-electron chi connectivity index (χ3n) is 3.15. The van der Waals surface area contributed by atoms with Gasteiger partial charge in [0.2, 0.25) is 11.0 Å². The molecule has 12 heteroatoms. The Hall–Kier alpha value is -2.57. The first-order valence-electron chi connectivity index (χ1n) is 7.83. The summed E-state index contributed by atoms with van der Waals surface area (Å²) in [5, 5.41) is 12.3. The highest BCUT2D eigenvalue weighted by molar-refractivity contribution is 7.94. The number of anilines is 2. The van der Waals surface area contributed by atoms with Crippen molar-refractivity contribution in [1.29, 1.82) is 0 Å². The van der Waals surface area contributed by atoms with Crippen molar-refractivity contribution >= 4 is 44.0 Å². The van der Waals surface area contributed by atoms with Crippen LogP contribution < -0.4 is 15.4 Å². The summed E-state index contributed by atoms with van der Waals surface area (Å²) in [6.07, 6.45) is 0.632. The van der Waals surface area contributed by atoms with Gasteiger partial charge in [-0.3, -0.25) is 14.3 Å². The third-order valence-corrected chi connectivity index (χ3v) is 5.72. The molecule has 0 aliphatic heterocycles. The van der Waals surface area contributed by atoms with E-state index in [-0.39, 0.29) is 20.7 Å². The topological polar surface area (TPSA) is 139 Å². The number of hydrogen-bond donors (Lipinski definition) is 3. The number of carbonyl (C=O) groups is 2. The fourth-order valence-electron chi connectivity index (χ4n) is 1.99. The fraction of sp³-hybridized carbons (Fsp3) is 0.333. The molecule has 0 bridgehead atoms. The van der Waals surface area contributed by atoms with E-state index in [2.05, 4.69) is 25.6 Å². The van der Waals surface area contributed by atoms with Crippen molar-refractivity contribution in [2.75, 3.05) is 30.3 Å². The van der Waals surface area contributed by atoms with E-state index in [1.807, 2.05) is 0 Å². The number of rotatable bonds is 9. The maximum atomic E-state index is 12.5. The number of carbonyl (C=O) groups excluding carboxylic acids is 2. The van der Waals surface area contributed by atoms with Crippen molar-refractivity contribution in [3.05, 3.63) is 29.8 Å². The Bertz CT molecular complexity index is 913. The van der Waals surface area contributed by atoms with E-state index in [1.54, 1.807) is 19.2 Å². The second kappa shape index (κ2) is 9.39. The number of methoxy groups -OCH3 is 1. The lowest BCUT2D eigenvalue weighted by Crippen LogP contribution is -2.26. The molecular weight excluding hydrogens is 394 g/mol. The van der Waals surface area contributed by atoms with Crippen LogP contribution in [0.1, 0.15) is 23.7 Å². The zero-order chi connectivity index (χ0) is 19.9. The Kier molecular flexibility index (Phi) is 7.21. The van der Waals surface area contributed by atoms with Gasteiger partial charge in [-0.15, -0.1) is 10.2 Å². The minimum Gasteiger partial charge on any atom is -0.385 e. The lowest BCUT2D eigenvalue weighted by atomic mass is 10.1. The summed E-state index contributed by atoms with van der Waals surface area (Å²) in [6, 6.07) is 6.20. The Morgan fingerprint density at radius 3 is 2.67 bits per heavy atom. The Morgan fingerprint density at radius 2 is 1.96 bits per heavy atom. The molecule has 0 saturated heterocycles. The molecule has 27 heavy (non-hydrogen) atoms. The molecule has 1 aromatic heterocycles. The van der Waals surface area contributed by atoms with Crippen molar-refractivity contribution in [3.8, 4) is 0 Å². The molecule has 3 N–H and O–H groups in total. The Balaban J connectivity index is 2.15. The van der Waals surface area contributed by atoms with Crippen LogP contribution in [0, 0.1) is 0 Å². The van der Waals surface area contributed by atoms with Crippen LogP contribution in [0.15, 0.2) is 28.6 Å². The van der Waals surface area contributed by atoms with E-state index in [1.165, 1.54) is 19.1 Å². The molecule has 0 aliphatic rings. The molecule has 0 spiro atoms.